The van der Waals surface area contributed by atoms with Crippen LogP contribution in [0.5, 0.6) is 0 Å². The number of hydrogen-bond acceptors (Lipinski definition) is 2. The molecule has 5 heteroatoms. The number of halogens is 2. The fourth-order valence-corrected chi connectivity index (χ4v) is 1.71. The molecule has 0 aliphatic heterocycles. The van der Waals surface area contributed by atoms with Gasteiger partial charge in [-0.15, -0.1) is 0 Å². The lowest BCUT2D eigenvalue weighted by molar-refractivity contribution is 0.626. The van der Waals surface area contributed by atoms with Gasteiger partial charge in [0.05, 0.1) is 17.8 Å². The molecule has 0 saturated heterocycles. The van der Waals surface area contributed by atoms with Crippen molar-refractivity contribution in [1.82, 2.24) is 9.55 Å². The molecule has 1 aromatic carbocycles. The van der Waals surface area contributed by atoms with Gasteiger partial charge in [-0.05, 0) is 24.6 Å². The van der Waals surface area contributed by atoms with Gasteiger partial charge in [0.2, 0.25) is 5.95 Å². The second-order valence-electron chi connectivity index (χ2n) is 3.59. The third-order valence-corrected chi connectivity index (χ3v) is 2.70. The van der Waals surface area contributed by atoms with Crippen molar-refractivity contribution in [2.75, 3.05) is 5.73 Å². The van der Waals surface area contributed by atoms with E-state index in [4.69, 9.17) is 17.3 Å². The van der Waals surface area contributed by atoms with Gasteiger partial charge in [0.25, 0.3) is 0 Å². The molecule has 0 unspecified atom stereocenters. The van der Waals surface area contributed by atoms with E-state index < -0.39 is 5.82 Å². The molecule has 0 bridgehead atoms. The quantitative estimate of drug-likeness (QED) is 0.876. The van der Waals surface area contributed by atoms with E-state index in [0.29, 0.717) is 12.5 Å². The molecule has 2 rings (SSSR count). The van der Waals surface area contributed by atoms with Gasteiger partial charge >= 0.3 is 0 Å². The minimum Gasteiger partial charge on any atom is -0.369 e. The normalized spacial score (nSPS) is 10.7. The topological polar surface area (TPSA) is 43.8 Å². The van der Waals surface area contributed by atoms with Crippen molar-refractivity contribution >= 4 is 17.5 Å². The maximum atomic E-state index is 13.0. The monoisotopic (exact) mass is 239 g/mol. The van der Waals surface area contributed by atoms with Gasteiger partial charge < -0.3 is 10.3 Å². The minimum absolute atomic E-state index is 0.119. The van der Waals surface area contributed by atoms with Crippen molar-refractivity contribution in [3.63, 3.8) is 0 Å². The van der Waals surface area contributed by atoms with E-state index >= 15 is 0 Å². The van der Waals surface area contributed by atoms with Crippen LogP contribution in [0.3, 0.4) is 0 Å². The summed E-state index contributed by atoms with van der Waals surface area (Å²) in [6.45, 7) is 2.45. The number of anilines is 1. The number of aryl methyl sites for hydroxylation is 1. The molecule has 16 heavy (non-hydrogen) atoms. The third-order valence-electron chi connectivity index (χ3n) is 2.41. The van der Waals surface area contributed by atoms with E-state index in [1.807, 2.05) is 11.5 Å². The van der Waals surface area contributed by atoms with Crippen LogP contribution < -0.4 is 5.73 Å². The Hall–Kier alpha value is -1.55. The van der Waals surface area contributed by atoms with Gasteiger partial charge in [-0.2, -0.15) is 0 Å². The smallest absolute Gasteiger partial charge is 0.200 e. The van der Waals surface area contributed by atoms with Gasteiger partial charge in [-0.1, -0.05) is 17.7 Å². The largest absolute Gasteiger partial charge is 0.369 e. The van der Waals surface area contributed by atoms with Crippen molar-refractivity contribution in [2.24, 2.45) is 0 Å². The van der Waals surface area contributed by atoms with Crippen molar-refractivity contribution in [1.29, 1.82) is 0 Å². The number of nitrogen functional groups attached to an aromatic ring is 1. The number of imidazole rings is 1. The molecule has 0 radical (unpaired) electrons. The summed E-state index contributed by atoms with van der Waals surface area (Å²) in [6.07, 6.45) is 1.69. The van der Waals surface area contributed by atoms with Crippen molar-refractivity contribution in [2.45, 2.75) is 13.5 Å². The molecule has 0 aliphatic rings. The zero-order chi connectivity index (χ0) is 11.7. The first-order valence-corrected chi connectivity index (χ1v) is 5.17. The predicted octanol–water partition coefficient (Wildman–Crippen LogP) is 2.61. The summed E-state index contributed by atoms with van der Waals surface area (Å²) in [6, 6.07) is 4.62. The lowest BCUT2D eigenvalue weighted by atomic mass is 10.2. The first-order valence-electron chi connectivity index (χ1n) is 4.79. The maximum Gasteiger partial charge on any atom is 0.200 e. The van der Waals surface area contributed by atoms with Crippen LogP contribution in [-0.4, -0.2) is 9.55 Å². The molecule has 0 aliphatic carbocycles. The molecular weight excluding hydrogens is 229 g/mol. The summed E-state index contributed by atoms with van der Waals surface area (Å²) < 4.78 is 14.8. The van der Waals surface area contributed by atoms with Crippen LogP contribution in [0.1, 0.15) is 11.3 Å². The van der Waals surface area contributed by atoms with E-state index in [-0.39, 0.29) is 5.02 Å². The Morgan fingerprint density at radius 1 is 1.50 bits per heavy atom. The van der Waals surface area contributed by atoms with Crippen LogP contribution >= 0.6 is 11.6 Å². The van der Waals surface area contributed by atoms with Crippen molar-refractivity contribution in [3.8, 4) is 0 Å². The van der Waals surface area contributed by atoms with Crippen molar-refractivity contribution < 1.29 is 4.39 Å². The number of nitrogens with two attached hydrogens (primary N) is 1. The Morgan fingerprint density at radius 2 is 2.25 bits per heavy atom. The highest BCUT2D eigenvalue weighted by Crippen LogP contribution is 2.18. The van der Waals surface area contributed by atoms with Crippen LogP contribution in [-0.2, 0) is 6.54 Å². The number of nitrogens with zero attached hydrogens (tertiary/aromatic N) is 2. The molecule has 1 aromatic heterocycles. The zero-order valence-corrected chi connectivity index (χ0v) is 9.50. The molecule has 0 amide bonds. The Labute approximate surface area is 97.7 Å². The zero-order valence-electron chi connectivity index (χ0n) is 8.74. The predicted molar refractivity (Wildman–Crippen MR) is 61.9 cm³/mol. The SMILES string of the molecule is Cc1cnc(N)n1Cc1ccc(F)c(Cl)c1. The molecule has 0 spiro atoms. The van der Waals surface area contributed by atoms with Gasteiger partial charge in [0.15, 0.2) is 0 Å². The molecule has 0 saturated carbocycles. The summed E-state index contributed by atoms with van der Waals surface area (Å²) in [5.74, 6) is 0.0266. The van der Waals surface area contributed by atoms with Crippen LogP contribution in [0.15, 0.2) is 24.4 Å². The Kier molecular flexibility index (Phi) is 2.83. The second kappa shape index (κ2) is 4.14. The highest BCUT2D eigenvalue weighted by Gasteiger charge is 2.06. The first-order chi connectivity index (χ1) is 7.58. The standard InChI is InChI=1S/C11H11ClFN3/c1-7-5-15-11(14)16(7)6-8-2-3-10(13)9(12)4-8/h2-5H,6H2,1H3,(H2,14,15). The van der Waals surface area contributed by atoms with E-state index in [0.717, 1.165) is 11.3 Å². The maximum absolute atomic E-state index is 13.0. The second-order valence-corrected chi connectivity index (χ2v) is 4.00. The summed E-state index contributed by atoms with van der Waals surface area (Å²) in [5, 5.41) is 0.119. The van der Waals surface area contributed by atoms with E-state index in [1.165, 1.54) is 6.07 Å². The summed E-state index contributed by atoms with van der Waals surface area (Å²) in [7, 11) is 0. The van der Waals surface area contributed by atoms with Gasteiger partial charge in [0.1, 0.15) is 5.82 Å². The summed E-state index contributed by atoms with van der Waals surface area (Å²) in [5.41, 5.74) is 7.55. The van der Waals surface area contributed by atoms with E-state index in [9.17, 15) is 4.39 Å². The molecule has 1 heterocycles. The lowest BCUT2D eigenvalue weighted by Crippen LogP contribution is -2.06. The minimum atomic E-state index is -0.416. The Bertz CT molecular complexity index is 502. The fraction of sp³-hybridized carbons (Fsp3) is 0.182. The molecule has 3 nitrogen and oxygen atoms in total. The summed E-state index contributed by atoms with van der Waals surface area (Å²) >= 11 is 5.70. The van der Waals surface area contributed by atoms with Gasteiger partial charge in [0, 0.05) is 5.69 Å². The van der Waals surface area contributed by atoms with E-state index in [2.05, 4.69) is 4.98 Å². The highest BCUT2D eigenvalue weighted by molar-refractivity contribution is 6.30. The van der Waals surface area contributed by atoms with Crippen LogP contribution in [0.2, 0.25) is 5.02 Å². The molecule has 0 fully saturated rings. The summed E-state index contributed by atoms with van der Waals surface area (Å²) in [4.78, 5) is 3.99. The molecule has 2 N–H and O–H groups in total. The highest BCUT2D eigenvalue weighted by atomic mass is 35.5. The fourth-order valence-electron chi connectivity index (χ4n) is 1.51. The van der Waals surface area contributed by atoms with Crippen LogP contribution in [0.4, 0.5) is 10.3 Å². The van der Waals surface area contributed by atoms with Crippen molar-refractivity contribution in [3.05, 3.63) is 46.5 Å². The average Bonchev–Trinajstić information content (AvgIpc) is 2.55. The average molecular weight is 240 g/mol. The number of benzene rings is 1. The Balaban J connectivity index is 2.31. The van der Waals surface area contributed by atoms with Crippen LogP contribution in [0.25, 0.3) is 0 Å². The number of hydrogen-bond donors (Lipinski definition) is 1. The van der Waals surface area contributed by atoms with Crippen LogP contribution in [0, 0.1) is 12.7 Å². The molecule has 84 valence electrons. The number of aromatic nitrogens is 2. The third kappa shape index (κ3) is 2.02. The lowest BCUT2D eigenvalue weighted by Gasteiger charge is -2.08. The van der Waals surface area contributed by atoms with Gasteiger partial charge in [-0.25, -0.2) is 9.37 Å². The number of rotatable bonds is 2. The first kappa shape index (κ1) is 11.0. The van der Waals surface area contributed by atoms with Gasteiger partial charge in [-0.3, -0.25) is 0 Å². The van der Waals surface area contributed by atoms with E-state index in [1.54, 1.807) is 18.3 Å². The Morgan fingerprint density at radius 3 is 2.81 bits per heavy atom. The molecular formula is C11H11ClFN3. The molecule has 0 atom stereocenters. The molecule has 2 aromatic rings.